The second kappa shape index (κ2) is 4.15. The Morgan fingerprint density at radius 1 is 1.17 bits per heavy atom. The van der Waals surface area contributed by atoms with Gasteiger partial charge in [-0.2, -0.15) is 0 Å². The van der Waals surface area contributed by atoms with E-state index in [-0.39, 0.29) is 6.61 Å². The topological polar surface area (TPSA) is 93.0 Å². The molecule has 0 unspecified atom stereocenters. The molecule has 4 atom stereocenters. The molecule has 1 aliphatic heterocycles. The van der Waals surface area contributed by atoms with Crippen LogP contribution >= 0.6 is 0 Å². The second-order valence-electron chi connectivity index (χ2n) is 3.08. The molecule has 5 N–H and O–H groups in total. The largest absolute Gasteiger partial charge is 0.395 e. The smallest absolute Gasteiger partial charge is 0.107 e. The molecule has 1 saturated heterocycles. The molecule has 0 aromatic rings. The van der Waals surface area contributed by atoms with Gasteiger partial charge in [0.25, 0.3) is 0 Å². The Balaban J connectivity index is 2.59. The summed E-state index contributed by atoms with van der Waals surface area (Å²) in [5.74, 6) is 0. The van der Waals surface area contributed by atoms with Crippen molar-refractivity contribution in [2.75, 3.05) is 13.2 Å². The van der Waals surface area contributed by atoms with E-state index in [2.05, 4.69) is 5.32 Å². The van der Waals surface area contributed by atoms with Gasteiger partial charge in [0.05, 0.1) is 24.9 Å². The van der Waals surface area contributed by atoms with E-state index >= 15 is 0 Å². The molecule has 0 bridgehead atoms. The van der Waals surface area contributed by atoms with Crippen LogP contribution in [0.25, 0.3) is 0 Å². The molecule has 1 heterocycles. The minimum absolute atomic E-state index is 0.245. The van der Waals surface area contributed by atoms with E-state index in [4.69, 9.17) is 5.11 Å². The van der Waals surface area contributed by atoms with Crippen LogP contribution in [0.3, 0.4) is 0 Å². The van der Waals surface area contributed by atoms with Gasteiger partial charge < -0.3 is 25.7 Å². The Labute approximate surface area is 70.6 Å². The lowest BCUT2D eigenvalue weighted by atomic mass is 10.0. The quantitative estimate of drug-likeness (QED) is 0.303. The molecular weight excluding hydrogens is 162 g/mol. The lowest BCUT2D eigenvalue weighted by molar-refractivity contribution is -0.0674. The predicted octanol–water partition coefficient (Wildman–Crippen LogP) is -2.58. The first-order chi connectivity index (χ1) is 5.66. The van der Waals surface area contributed by atoms with Crippen LogP contribution in [0.5, 0.6) is 0 Å². The van der Waals surface area contributed by atoms with E-state index in [1.54, 1.807) is 0 Å². The van der Waals surface area contributed by atoms with Crippen molar-refractivity contribution >= 4 is 0 Å². The summed E-state index contributed by atoms with van der Waals surface area (Å²) in [6.07, 6.45) is -2.80. The summed E-state index contributed by atoms with van der Waals surface area (Å²) in [7, 11) is 0. The van der Waals surface area contributed by atoms with Crippen molar-refractivity contribution < 1.29 is 20.4 Å². The van der Waals surface area contributed by atoms with Gasteiger partial charge in [-0.25, -0.2) is 0 Å². The molecule has 72 valence electrons. The van der Waals surface area contributed by atoms with Gasteiger partial charge in [0.15, 0.2) is 0 Å². The summed E-state index contributed by atoms with van der Waals surface area (Å²) >= 11 is 0. The summed E-state index contributed by atoms with van der Waals surface area (Å²) in [4.78, 5) is 0. The highest BCUT2D eigenvalue weighted by Gasteiger charge is 2.33. The Kier molecular flexibility index (Phi) is 3.42. The van der Waals surface area contributed by atoms with Crippen molar-refractivity contribution in [1.82, 2.24) is 5.32 Å². The maximum Gasteiger partial charge on any atom is 0.107 e. The van der Waals surface area contributed by atoms with Crippen LogP contribution in [0.2, 0.25) is 0 Å². The third-order valence-corrected chi connectivity index (χ3v) is 2.20. The third kappa shape index (κ3) is 1.94. The molecular formula is C7H15NO4. The van der Waals surface area contributed by atoms with Crippen molar-refractivity contribution in [2.45, 2.75) is 30.8 Å². The zero-order valence-electron chi connectivity index (χ0n) is 6.72. The van der Waals surface area contributed by atoms with Crippen LogP contribution in [0, 0.1) is 0 Å². The maximum atomic E-state index is 9.36. The predicted molar refractivity (Wildman–Crippen MR) is 41.5 cm³/mol. The summed E-state index contributed by atoms with van der Waals surface area (Å²) in [6, 6.07) is -0.544. The van der Waals surface area contributed by atoms with Gasteiger partial charge in [0.2, 0.25) is 0 Å². The first-order valence-corrected chi connectivity index (χ1v) is 4.05. The van der Waals surface area contributed by atoms with E-state index in [0.717, 1.165) is 0 Å². The molecule has 12 heavy (non-hydrogen) atoms. The van der Waals surface area contributed by atoms with Gasteiger partial charge in [0.1, 0.15) is 6.10 Å². The van der Waals surface area contributed by atoms with Gasteiger partial charge >= 0.3 is 0 Å². The standard InChI is InChI=1S/C7H15NO4/c9-3-4-6(11)7(12)5(10)1-2-8-4/h4-12H,1-3H2/t4-,5-,6-,7-/m1/s1. The molecule has 5 nitrogen and oxygen atoms in total. The number of hydrogen-bond donors (Lipinski definition) is 5. The summed E-state index contributed by atoms with van der Waals surface area (Å²) in [6.45, 7) is 0.242. The highest BCUT2D eigenvalue weighted by Crippen LogP contribution is 2.11. The molecule has 0 saturated carbocycles. The number of nitrogens with one attached hydrogen (secondary N) is 1. The second-order valence-corrected chi connectivity index (χ2v) is 3.08. The maximum absolute atomic E-state index is 9.36. The monoisotopic (exact) mass is 177 g/mol. The number of hydrogen-bond acceptors (Lipinski definition) is 5. The highest BCUT2D eigenvalue weighted by atomic mass is 16.4. The summed E-state index contributed by atoms with van der Waals surface area (Å²) in [5.41, 5.74) is 0. The van der Waals surface area contributed by atoms with Crippen LogP contribution in [-0.4, -0.2) is 57.9 Å². The van der Waals surface area contributed by atoms with Crippen LogP contribution in [0.1, 0.15) is 6.42 Å². The molecule has 1 aliphatic rings. The number of aliphatic hydroxyl groups is 4. The molecule has 0 amide bonds. The van der Waals surface area contributed by atoms with Gasteiger partial charge in [0, 0.05) is 0 Å². The van der Waals surface area contributed by atoms with E-state index in [1.807, 2.05) is 0 Å². The minimum Gasteiger partial charge on any atom is -0.395 e. The van der Waals surface area contributed by atoms with E-state index < -0.39 is 24.4 Å². The molecule has 0 radical (unpaired) electrons. The van der Waals surface area contributed by atoms with Gasteiger partial charge in [-0.1, -0.05) is 0 Å². The normalized spacial score (nSPS) is 44.0. The summed E-state index contributed by atoms with van der Waals surface area (Å²) in [5, 5.41) is 39.4. The summed E-state index contributed by atoms with van der Waals surface area (Å²) < 4.78 is 0. The average molecular weight is 177 g/mol. The Morgan fingerprint density at radius 3 is 2.42 bits per heavy atom. The first kappa shape index (κ1) is 9.88. The lowest BCUT2D eigenvalue weighted by Crippen LogP contribution is -2.48. The molecule has 0 spiro atoms. The Hall–Kier alpha value is -0.200. The van der Waals surface area contributed by atoms with E-state index in [1.165, 1.54) is 0 Å². The van der Waals surface area contributed by atoms with E-state index in [9.17, 15) is 15.3 Å². The van der Waals surface area contributed by atoms with Gasteiger partial charge in [-0.15, -0.1) is 0 Å². The van der Waals surface area contributed by atoms with Crippen LogP contribution < -0.4 is 5.32 Å². The fraction of sp³-hybridized carbons (Fsp3) is 1.00. The fourth-order valence-electron chi connectivity index (χ4n) is 1.35. The Bertz CT molecular complexity index is 141. The van der Waals surface area contributed by atoms with Crippen LogP contribution in [0.4, 0.5) is 0 Å². The molecule has 5 heteroatoms. The van der Waals surface area contributed by atoms with Crippen molar-refractivity contribution in [2.24, 2.45) is 0 Å². The molecule has 0 aromatic carbocycles. The average Bonchev–Trinajstić information content (AvgIpc) is 2.19. The van der Waals surface area contributed by atoms with Crippen molar-refractivity contribution in [3.05, 3.63) is 0 Å². The lowest BCUT2D eigenvalue weighted by Gasteiger charge is -2.24. The van der Waals surface area contributed by atoms with E-state index in [0.29, 0.717) is 13.0 Å². The van der Waals surface area contributed by atoms with Crippen molar-refractivity contribution in [1.29, 1.82) is 0 Å². The van der Waals surface area contributed by atoms with Crippen molar-refractivity contribution in [3.63, 3.8) is 0 Å². The third-order valence-electron chi connectivity index (χ3n) is 2.20. The first-order valence-electron chi connectivity index (χ1n) is 4.05. The molecule has 0 aliphatic carbocycles. The zero-order chi connectivity index (χ0) is 9.14. The molecule has 0 aromatic heterocycles. The highest BCUT2D eigenvalue weighted by molar-refractivity contribution is 4.88. The molecule has 1 fully saturated rings. The zero-order valence-corrected chi connectivity index (χ0v) is 6.72. The van der Waals surface area contributed by atoms with Crippen molar-refractivity contribution in [3.8, 4) is 0 Å². The fourth-order valence-corrected chi connectivity index (χ4v) is 1.35. The number of aliphatic hydroxyl groups excluding tert-OH is 4. The number of rotatable bonds is 1. The SMILES string of the molecule is OC[C@H]1NCC[C@@H](O)[C@@H](O)[C@@H]1O. The van der Waals surface area contributed by atoms with Crippen LogP contribution in [0.15, 0.2) is 0 Å². The molecule has 1 rings (SSSR count). The minimum atomic E-state index is -1.17. The van der Waals surface area contributed by atoms with Gasteiger partial charge in [-0.3, -0.25) is 0 Å². The Morgan fingerprint density at radius 2 is 1.83 bits per heavy atom. The van der Waals surface area contributed by atoms with Gasteiger partial charge in [-0.05, 0) is 13.0 Å². The van der Waals surface area contributed by atoms with Crippen LogP contribution in [-0.2, 0) is 0 Å².